The van der Waals surface area contributed by atoms with Gasteiger partial charge >= 0.3 is 0 Å². The molecule has 0 saturated heterocycles. The van der Waals surface area contributed by atoms with Gasteiger partial charge in [0.15, 0.2) is 5.84 Å². The fraction of sp³-hybridized carbons (Fsp3) is 0.0577. The quantitative estimate of drug-likeness (QED) is 0.170. The number of allylic oxidation sites excluding steroid dienone is 1. The summed E-state index contributed by atoms with van der Waals surface area (Å²) < 4.78 is 6.64. The van der Waals surface area contributed by atoms with Gasteiger partial charge in [-0.15, -0.1) is 0 Å². The molecule has 0 fully saturated rings. The number of aliphatic imine (C=N–C) groups is 2. The molecule has 0 radical (unpaired) electrons. The van der Waals surface area contributed by atoms with Gasteiger partial charge in [0, 0.05) is 50.6 Å². The molecule has 2 aromatic heterocycles. The average molecular weight is 718 g/mol. The number of para-hydroxylation sites is 1. The molecule has 11 rings (SSSR count). The maximum absolute atomic E-state index is 6.64. The van der Waals surface area contributed by atoms with Gasteiger partial charge in [-0.3, -0.25) is 4.98 Å². The van der Waals surface area contributed by atoms with Crippen LogP contribution in [0.25, 0.3) is 81.9 Å². The van der Waals surface area contributed by atoms with Gasteiger partial charge in [0.05, 0.1) is 11.4 Å². The Balaban J connectivity index is 1.20. The van der Waals surface area contributed by atoms with Crippen molar-refractivity contribution in [3.8, 4) is 11.1 Å². The Morgan fingerprint density at radius 2 is 1.20 bits per heavy atom. The molecule has 0 unspecified atom stereocenters. The number of benzene rings is 8. The van der Waals surface area contributed by atoms with Gasteiger partial charge in [-0.2, -0.15) is 0 Å². The van der Waals surface area contributed by atoms with Crippen LogP contribution < -0.4 is 0 Å². The summed E-state index contributed by atoms with van der Waals surface area (Å²) >= 11 is 0. The van der Waals surface area contributed by atoms with Gasteiger partial charge in [0.25, 0.3) is 0 Å². The molecule has 8 aromatic carbocycles. The highest BCUT2D eigenvalue weighted by Gasteiger charge is 2.23. The first kappa shape index (κ1) is 32.3. The molecule has 0 amide bonds. The number of aromatic nitrogens is 1. The molecule has 4 heteroatoms. The van der Waals surface area contributed by atoms with Gasteiger partial charge in [-0.05, 0) is 93.0 Å². The Hall–Kier alpha value is -7.17. The molecule has 0 bridgehead atoms. The zero-order valence-corrected chi connectivity index (χ0v) is 30.8. The van der Waals surface area contributed by atoms with E-state index in [0.717, 1.165) is 101 Å². The zero-order valence-electron chi connectivity index (χ0n) is 30.8. The maximum Gasteiger partial charge on any atom is 0.160 e. The Morgan fingerprint density at radius 1 is 0.482 bits per heavy atom. The molecule has 0 spiro atoms. The third-order valence-electron chi connectivity index (χ3n) is 11.4. The van der Waals surface area contributed by atoms with Gasteiger partial charge in [-0.25, -0.2) is 9.98 Å². The van der Waals surface area contributed by atoms with E-state index < -0.39 is 0 Å². The lowest BCUT2D eigenvalue weighted by atomic mass is 9.91. The first-order chi connectivity index (χ1) is 27.7. The second-order valence-corrected chi connectivity index (χ2v) is 14.7. The van der Waals surface area contributed by atoms with Crippen LogP contribution in [0.4, 0.5) is 0 Å². The summed E-state index contributed by atoms with van der Waals surface area (Å²) in [5, 5.41) is 11.4. The molecule has 264 valence electrons. The average Bonchev–Trinajstić information content (AvgIpc) is 3.65. The van der Waals surface area contributed by atoms with E-state index in [9.17, 15) is 0 Å². The van der Waals surface area contributed by atoms with Crippen molar-refractivity contribution in [3.05, 3.63) is 192 Å². The largest absolute Gasteiger partial charge is 0.455 e. The van der Waals surface area contributed by atoms with Crippen molar-refractivity contribution in [1.29, 1.82) is 0 Å². The van der Waals surface area contributed by atoms with Crippen LogP contribution in [0.3, 0.4) is 0 Å². The van der Waals surface area contributed by atoms with Crippen LogP contribution in [-0.2, 0) is 0 Å². The fourth-order valence-electron chi connectivity index (χ4n) is 8.65. The lowest BCUT2D eigenvalue weighted by molar-refractivity contribution is 0.672. The van der Waals surface area contributed by atoms with Crippen molar-refractivity contribution in [2.45, 2.75) is 19.8 Å². The molecule has 0 saturated carbocycles. The first-order valence-corrected chi connectivity index (χ1v) is 19.2. The van der Waals surface area contributed by atoms with E-state index >= 15 is 0 Å². The van der Waals surface area contributed by atoms with Gasteiger partial charge in [0.2, 0.25) is 0 Å². The number of fused-ring (bicyclic) bond motifs is 10. The summed E-state index contributed by atoms with van der Waals surface area (Å²) in [6.07, 6.45) is 5.39. The SMILES string of the molecule is C\C1=C(c2ccccc2-c2ccccc2)/N=C(c2ccc3ccc4ccc5ccncc5c4c3c2)\N=C(\c2cc3ccccc3c3oc4ccccc4c23)CC1. The van der Waals surface area contributed by atoms with Crippen molar-refractivity contribution < 1.29 is 4.42 Å². The van der Waals surface area contributed by atoms with E-state index in [-0.39, 0.29) is 0 Å². The van der Waals surface area contributed by atoms with Crippen molar-refractivity contribution in [2.75, 3.05) is 0 Å². The number of hydrogen-bond donors (Lipinski definition) is 0. The Bertz CT molecular complexity index is 3310. The third-order valence-corrected chi connectivity index (χ3v) is 11.4. The van der Waals surface area contributed by atoms with E-state index in [4.69, 9.17) is 14.4 Å². The minimum atomic E-state index is 0.684. The van der Waals surface area contributed by atoms with Crippen molar-refractivity contribution >= 4 is 82.3 Å². The van der Waals surface area contributed by atoms with E-state index in [0.29, 0.717) is 5.84 Å². The lowest BCUT2D eigenvalue weighted by Crippen LogP contribution is -2.11. The van der Waals surface area contributed by atoms with E-state index in [2.05, 4.69) is 164 Å². The molecule has 0 N–H and O–H groups in total. The molecule has 0 aliphatic carbocycles. The molecule has 1 aliphatic rings. The van der Waals surface area contributed by atoms with Crippen molar-refractivity contribution in [2.24, 2.45) is 9.98 Å². The molecule has 4 nitrogen and oxygen atoms in total. The molecule has 10 aromatic rings. The second kappa shape index (κ2) is 13.0. The molecule has 56 heavy (non-hydrogen) atoms. The van der Waals surface area contributed by atoms with Crippen LogP contribution in [0.15, 0.2) is 190 Å². The van der Waals surface area contributed by atoms with Crippen LogP contribution in [0, 0.1) is 0 Å². The number of nitrogens with zero attached hydrogens (tertiary/aromatic N) is 3. The van der Waals surface area contributed by atoms with Crippen LogP contribution in [0.1, 0.15) is 36.5 Å². The number of amidine groups is 1. The van der Waals surface area contributed by atoms with Crippen LogP contribution in [0.2, 0.25) is 0 Å². The number of pyridine rings is 1. The number of rotatable bonds is 4. The summed E-state index contributed by atoms with van der Waals surface area (Å²) in [7, 11) is 0. The summed E-state index contributed by atoms with van der Waals surface area (Å²) in [4.78, 5) is 15.8. The maximum atomic E-state index is 6.64. The van der Waals surface area contributed by atoms with Crippen molar-refractivity contribution in [1.82, 2.24) is 4.98 Å². The summed E-state index contributed by atoms with van der Waals surface area (Å²) in [5.41, 5.74) is 10.4. The predicted octanol–water partition coefficient (Wildman–Crippen LogP) is 13.7. The minimum Gasteiger partial charge on any atom is -0.455 e. The number of hydrogen-bond acceptors (Lipinski definition) is 4. The van der Waals surface area contributed by atoms with Gasteiger partial charge in [0.1, 0.15) is 11.2 Å². The smallest absolute Gasteiger partial charge is 0.160 e. The summed E-state index contributed by atoms with van der Waals surface area (Å²) in [5.74, 6) is 0.684. The highest BCUT2D eigenvalue weighted by molar-refractivity contribution is 6.27. The lowest BCUT2D eigenvalue weighted by Gasteiger charge is -2.19. The minimum absolute atomic E-state index is 0.684. The predicted molar refractivity (Wildman–Crippen MR) is 235 cm³/mol. The highest BCUT2D eigenvalue weighted by Crippen LogP contribution is 2.40. The summed E-state index contributed by atoms with van der Waals surface area (Å²) in [6.45, 7) is 2.23. The zero-order chi connectivity index (χ0) is 37.2. The van der Waals surface area contributed by atoms with Crippen LogP contribution in [-0.4, -0.2) is 16.5 Å². The number of furan rings is 1. The molecular formula is C52H35N3O. The standard InChI is InChI=1S/C52H35N3O/c1-32-19-26-46(44-29-37-13-5-6-15-40(37)51-49(44)42-17-9-10-18-47(42)56-51)54-52(55-50(32)41-16-8-7-14-39(41)33-11-3-2-4-12-33)38-25-22-34-20-23-36-24-21-35-27-28-53-31-45(35)48(36)43(34)30-38/h2-18,20-25,27-31H,19,26H2,1H3/b50-32+,54-46+,55-52-. The second-order valence-electron chi connectivity index (χ2n) is 14.7. The van der Waals surface area contributed by atoms with Gasteiger partial charge in [-0.1, -0.05) is 133 Å². The molecular weight excluding hydrogens is 683 g/mol. The third kappa shape index (κ3) is 5.25. The Morgan fingerprint density at radius 3 is 2.07 bits per heavy atom. The first-order valence-electron chi connectivity index (χ1n) is 19.2. The molecule has 1 aliphatic heterocycles. The highest BCUT2D eigenvalue weighted by atomic mass is 16.3. The Labute approximate surface area is 323 Å². The molecule has 3 heterocycles. The van der Waals surface area contributed by atoms with E-state index in [1.807, 2.05) is 18.5 Å². The normalized spacial score (nSPS) is 16.9. The van der Waals surface area contributed by atoms with Crippen molar-refractivity contribution in [3.63, 3.8) is 0 Å². The monoisotopic (exact) mass is 717 g/mol. The van der Waals surface area contributed by atoms with Gasteiger partial charge < -0.3 is 4.42 Å². The molecule has 0 atom stereocenters. The topological polar surface area (TPSA) is 50.8 Å². The fourth-order valence-corrected chi connectivity index (χ4v) is 8.65. The van der Waals surface area contributed by atoms with E-state index in [1.165, 1.54) is 21.7 Å². The summed E-state index contributed by atoms with van der Waals surface area (Å²) in [6, 6.07) is 55.9. The van der Waals surface area contributed by atoms with Crippen LogP contribution >= 0.6 is 0 Å². The van der Waals surface area contributed by atoms with E-state index in [1.54, 1.807) is 0 Å². The van der Waals surface area contributed by atoms with Crippen LogP contribution in [0.5, 0.6) is 0 Å². The Kier molecular flexibility index (Phi) is 7.49.